The van der Waals surface area contributed by atoms with Crippen LogP contribution in [0.2, 0.25) is 0 Å². The number of benzene rings is 2. The third-order valence-electron chi connectivity index (χ3n) is 2.35. The van der Waals surface area contributed by atoms with Gasteiger partial charge in [-0.1, -0.05) is 18.2 Å². The van der Waals surface area contributed by atoms with Gasteiger partial charge in [0, 0.05) is 0 Å². The van der Waals surface area contributed by atoms with Crippen LogP contribution in [-0.2, 0) is 0 Å². The van der Waals surface area contributed by atoms with Crippen molar-refractivity contribution in [1.82, 2.24) is 0 Å². The molecule has 0 heterocycles. The van der Waals surface area contributed by atoms with Crippen LogP contribution in [0.15, 0.2) is 54.6 Å². The Morgan fingerprint density at radius 2 is 1.56 bits per heavy atom. The first-order valence-electron chi connectivity index (χ1n) is 5.79. The van der Waals surface area contributed by atoms with Crippen LogP contribution in [0, 0.1) is 0 Å². The lowest BCUT2D eigenvalue weighted by Gasteiger charge is -2.06. The maximum Gasteiger partial charge on any atom is 0.343 e. The molecule has 0 aromatic heterocycles. The molecule has 92 valence electrons. The summed E-state index contributed by atoms with van der Waals surface area (Å²) >= 11 is 0. The summed E-state index contributed by atoms with van der Waals surface area (Å²) in [5.74, 6) is 0.907. The largest absolute Gasteiger partial charge is 0.494 e. The standard InChI is InChI=1S/C15H14O3/c1-2-17-13-8-10-14(11-9-13)18-15(16)12-6-4-3-5-7-12/h3-11H,2H2,1H3. The molecule has 2 aromatic rings. The Labute approximate surface area is 106 Å². The Hall–Kier alpha value is -2.29. The van der Waals surface area contributed by atoms with Crippen LogP contribution in [0.1, 0.15) is 17.3 Å². The second-order valence-corrected chi connectivity index (χ2v) is 3.66. The topological polar surface area (TPSA) is 35.5 Å². The third-order valence-corrected chi connectivity index (χ3v) is 2.35. The smallest absolute Gasteiger partial charge is 0.343 e. The number of hydrogen-bond donors (Lipinski definition) is 0. The second kappa shape index (κ2) is 5.87. The van der Waals surface area contributed by atoms with Crippen LogP contribution >= 0.6 is 0 Å². The Kier molecular flexibility index (Phi) is 3.97. The van der Waals surface area contributed by atoms with Crippen molar-refractivity contribution in [2.24, 2.45) is 0 Å². The maximum absolute atomic E-state index is 11.8. The van der Waals surface area contributed by atoms with Gasteiger partial charge >= 0.3 is 5.97 Å². The molecule has 0 saturated heterocycles. The third kappa shape index (κ3) is 3.10. The molecule has 3 heteroatoms. The van der Waals surface area contributed by atoms with Crippen LogP contribution in [0.4, 0.5) is 0 Å². The zero-order valence-corrected chi connectivity index (χ0v) is 10.1. The number of hydrogen-bond acceptors (Lipinski definition) is 3. The van der Waals surface area contributed by atoms with Crippen molar-refractivity contribution < 1.29 is 14.3 Å². The van der Waals surface area contributed by atoms with Gasteiger partial charge in [0.05, 0.1) is 12.2 Å². The normalized spacial score (nSPS) is 9.83. The van der Waals surface area contributed by atoms with Gasteiger partial charge < -0.3 is 9.47 Å². The highest BCUT2D eigenvalue weighted by molar-refractivity contribution is 5.90. The molecule has 0 N–H and O–H groups in total. The summed E-state index contributed by atoms with van der Waals surface area (Å²) in [5, 5.41) is 0. The van der Waals surface area contributed by atoms with Gasteiger partial charge in [0.15, 0.2) is 0 Å². The van der Waals surface area contributed by atoms with E-state index in [-0.39, 0.29) is 5.97 Å². The van der Waals surface area contributed by atoms with E-state index in [1.165, 1.54) is 0 Å². The highest BCUT2D eigenvalue weighted by atomic mass is 16.5. The average molecular weight is 242 g/mol. The molecule has 0 bridgehead atoms. The van der Waals surface area contributed by atoms with Crippen molar-refractivity contribution in [2.75, 3.05) is 6.61 Å². The Balaban J connectivity index is 2.03. The first-order chi connectivity index (χ1) is 8.79. The van der Waals surface area contributed by atoms with Gasteiger partial charge in [0.25, 0.3) is 0 Å². The number of carbonyl (C=O) groups is 1. The molecule has 0 atom stereocenters. The summed E-state index contributed by atoms with van der Waals surface area (Å²) in [6.45, 7) is 2.53. The summed E-state index contributed by atoms with van der Waals surface area (Å²) < 4.78 is 10.5. The molecule has 0 saturated carbocycles. The van der Waals surface area contributed by atoms with Crippen molar-refractivity contribution in [3.8, 4) is 11.5 Å². The Morgan fingerprint density at radius 3 is 2.17 bits per heavy atom. The molecule has 0 unspecified atom stereocenters. The summed E-state index contributed by atoms with van der Waals surface area (Å²) in [6, 6.07) is 15.9. The maximum atomic E-state index is 11.8. The molecule has 0 aliphatic heterocycles. The van der Waals surface area contributed by atoms with Crippen LogP contribution in [-0.4, -0.2) is 12.6 Å². The van der Waals surface area contributed by atoms with Gasteiger partial charge in [-0.25, -0.2) is 4.79 Å². The van der Waals surface area contributed by atoms with E-state index < -0.39 is 0 Å². The fraction of sp³-hybridized carbons (Fsp3) is 0.133. The van der Waals surface area contributed by atoms with Crippen LogP contribution < -0.4 is 9.47 Å². The van der Waals surface area contributed by atoms with Crippen LogP contribution in [0.25, 0.3) is 0 Å². The molecule has 0 amide bonds. The molecule has 0 spiro atoms. The summed E-state index contributed by atoms with van der Waals surface area (Å²) in [5.41, 5.74) is 0.534. The second-order valence-electron chi connectivity index (χ2n) is 3.66. The molecule has 2 rings (SSSR count). The van der Waals surface area contributed by atoms with E-state index in [4.69, 9.17) is 9.47 Å². The molecular weight excluding hydrogens is 228 g/mol. The number of rotatable bonds is 4. The summed E-state index contributed by atoms with van der Waals surface area (Å²) in [6.07, 6.45) is 0. The highest BCUT2D eigenvalue weighted by Gasteiger charge is 2.07. The summed E-state index contributed by atoms with van der Waals surface area (Å²) in [7, 11) is 0. The van der Waals surface area contributed by atoms with E-state index >= 15 is 0 Å². The van der Waals surface area contributed by atoms with Gasteiger partial charge in [0.1, 0.15) is 11.5 Å². The molecule has 0 aliphatic rings. The number of carbonyl (C=O) groups excluding carboxylic acids is 1. The van der Waals surface area contributed by atoms with Gasteiger partial charge in [-0.2, -0.15) is 0 Å². The van der Waals surface area contributed by atoms with Crippen LogP contribution in [0.3, 0.4) is 0 Å². The molecule has 0 fully saturated rings. The van der Waals surface area contributed by atoms with Crippen molar-refractivity contribution in [1.29, 1.82) is 0 Å². The van der Waals surface area contributed by atoms with Gasteiger partial charge in [-0.15, -0.1) is 0 Å². The molecule has 3 nitrogen and oxygen atoms in total. The molecular formula is C15H14O3. The minimum Gasteiger partial charge on any atom is -0.494 e. The van der Waals surface area contributed by atoms with Gasteiger partial charge in [-0.05, 0) is 43.3 Å². The lowest BCUT2D eigenvalue weighted by Crippen LogP contribution is -2.07. The van der Waals surface area contributed by atoms with Gasteiger partial charge in [-0.3, -0.25) is 0 Å². The van der Waals surface area contributed by atoms with E-state index in [9.17, 15) is 4.79 Å². The van der Waals surface area contributed by atoms with E-state index in [2.05, 4.69) is 0 Å². The average Bonchev–Trinajstić information content (AvgIpc) is 2.42. The summed E-state index contributed by atoms with van der Waals surface area (Å²) in [4.78, 5) is 11.8. The van der Waals surface area contributed by atoms with Crippen molar-refractivity contribution in [2.45, 2.75) is 6.92 Å². The lowest BCUT2D eigenvalue weighted by atomic mass is 10.2. The minimum atomic E-state index is -0.361. The van der Waals surface area contributed by atoms with Gasteiger partial charge in [0.2, 0.25) is 0 Å². The Bertz CT molecular complexity index is 503. The number of esters is 1. The zero-order valence-electron chi connectivity index (χ0n) is 10.1. The van der Waals surface area contributed by atoms with E-state index in [0.29, 0.717) is 17.9 Å². The molecule has 18 heavy (non-hydrogen) atoms. The predicted octanol–water partition coefficient (Wildman–Crippen LogP) is 3.30. The first-order valence-corrected chi connectivity index (χ1v) is 5.79. The van der Waals surface area contributed by atoms with Crippen molar-refractivity contribution in [3.63, 3.8) is 0 Å². The zero-order chi connectivity index (χ0) is 12.8. The minimum absolute atomic E-state index is 0.361. The van der Waals surface area contributed by atoms with E-state index in [0.717, 1.165) is 5.75 Å². The highest BCUT2D eigenvalue weighted by Crippen LogP contribution is 2.18. The fourth-order valence-electron chi connectivity index (χ4n) is 1.51. The van der Waals surface area contributed by atoms with E-state index in [1.54, 1.807) is 48.5 Å². The molecule has 0 radical (unpaired) electrons. The monoisotopic (exact) mass is 242 g/mol. The van der Waals surface area contributed by atoms with Crippen molar-refractivity contribution in [3.05, 3.63) is 60.2 Å². The molecule has 0 aliphatic carbocycles. The first kappa shape index (κ1) is 12.2. The van der Waals surface area contributed by atoms with Crippen molar-refractivity contribution >= 4 is 5.97 Å². The lowest BCUT2D eigenvalue weighted by molar-refractivity contribution is 0.0734. The SMILES string of the molecule is CCOc1ccc(OC(=O)c2ccccc2)cc1. The molecule has 2 aromatic carbocycles. The quantitative estimate of drug-likeness (QED) is 0.609. The number of ether oxygens (including phenoxy) is 2. The predicted molar refractivity (Wildman–Crippen MR) is 69.0 cm³/mol. The van der Waals surface area contributed by atoms with E-state index in [1.807, 2.05) is 13.0 Å². The fourth-order valence-corrected chi connectivity index (χ4v) is 1.51. The van der Waals surface area contributed by atoms with Crippen LogP contribution in [0.5, 0.6) is 11.5 Å². The Morgan fingerprint density at radius 1 is 0.944 bits per heavy atom.